The number of aryl methyl sites for hydroxylation is 1. The second kappa shape index (κ2) is 4.13. The van der Waals surface area contributed by atoms with E-state index >= 15 is 0 Å². The monoisotopic (exact) mass is 196 g/mol. The predicted octanol–water partition coefficient (Wildman–Crippen LogP) is 2.16. The van der Waals surface area contributed by atoms with Crippen LogP contribution in [0.2, 0.25) is 0 Å². The lowest BCUT2D eigenvalue weighted by Crippen LogP contribution is -2.27. The van der Waals surface area contributed by atoms with Gasteiger partial charge in [-0.15, -0.1) is 0 Å². The Morgan fingerprint density at radius 2 is 2.21 bits per heavy atom. The molecule has 0 radical (unpaired) electrons. The molecule has 1 aromatic heterocycles. The van der Waals surface area contributed by atoms with Crippen LogP contribution >= 0.6 is 0 Å². The van der Waals surface area contributed by atoms with E-state index in [1.165, 1.54) is 0 Å². The molecule has 0 amide bonds. The summed E-state index contributed by atoms with van der Waals surface area (Å²) in [6.07, 6.45) is 4.39. The predicted molar refractivity (Wildman–Crippen MR) is 56.9 cm³/mol. The van der Waals surface area contributed by atoms with E-state index in [4.69, 9.17) is 0 Å². The van der Waals surface area contributed by atoms with Crippen molar-refractivity contribution in [3.8, 4) is 0 Å². The third-order valence-corrected chi connectivity index (χ3v) is 2.34. The van der Waals surface area contributed by atoms with E-state index in [0.717, 1.165) is 18.8 Å². The van der Waals surface area contributed by atoms with Crippen molar-refractivity contribution in [3.05, 3.63) is 18.2 Å². The Bertz CT molecular complexity index is 289. The van der Waals surface area contributed by atoms with Crippen molar-refractivity contribution < 1.29 is 5.11 Å². The standard InChI is InChI=1S/C11H20N2O/c1-5-13-7-6-12-10(13)11(4,14)8-9(2)3/h6-7,9,14H,5,8H2,1-4H3. The number of nitrogens with zero attached hydrogens (tertiary/aromatic N) is 2. The zero-order valence-electron chi connectivity index (χ0n) is 9.49. The topological polar surface area (TPSA) is 38.0 Å². The summed E-state index contributed by atoms with van der Waals surface area (Å²) in [5.74, 6) is 1.24. The molecule has 14 heavy (non-hydrogen) atoms. The second-order valence-electron chi connectivity index (χ2n) is 4.41. The number of aromatic nitrogens is 2. The maximum Gasteiger partial charge on any atom is 0.140 e. The van der Waals surface area contributed by atoms with E-state index < -0.39 is 5.60 Å². The molecule has 3 heteroatoms. The zero-order chi connectivity index (χ0) is 10.8. The highest BCUT2D eigenvalue weighted by Crippen LogP contribution is 2.26. The van der Waals surface area contributed by atoms with Gasteiger partial charge in [-0.05, 0) is 26.2 Å². The van der Waals surface area contributed by atoms with Gasteiger partial charge in [0.25, 0.3) is 0 Å². The van der Waals surface area contributed by atoms with Gasteiger partial charge < -0.3 is 9.67 Å². The molecule has 0 saturated carbocycles. The quantitative estimate of drug-likeness (QED) is 0.801. The van der Waals surface area contributed by atoms with Gasteiger partial charge in [0.1, 0.15) is 11.4 Å². The molecular formula is C11H20N2O. The van der Waals surface area contributed by atoms with E-state index in [1.807, 2.05) is 17.7 Å². The molecule has 0 spiro atoms. The molecular weight excluding hydrogens is 176 g/mol. The normalized spacial score (nSPS) is 15.9. The van der Waals surface area contributed by atoms with Gasteiger partial charge in [0, 0.05) is 18.9 Å². The van der Waals surface area contributed by atoms with Crippen LogP contribution in [0.4, 0.5) is 0 Å². The van der Waals surface area contributed by atoms with Crippen LogP contribution in [0.3, 0.4) is 0 Å². The van der Waals surface area contributed by atoms with E-state index in [0.29, 0.717) is 5.92 Å². The van der Waals surface area contributed by atoms with E-state index in [2.05, 4.69) is 25.8 Å². The van der Waals surface area contributed by atoms with Gasteiger partial charge in [-0.2, -0.15) is 0 Å². The molecule has 1 unspecified atom stereocenters. The number of hydrogen-bond donors (Lipinski definition) is 1. The molecule has 1 aromatic rings. The number of aliphatic hydroxyl groups is 1. The van der Waals surface area contributed by atoms with Gasteiger partial charge in [0.2, 0.25) is 0 Å². The summed E-state index contributed by atoms with van der Waals surface area (Å²) in [5.41, 5.74) is -0.812. The summed E-state index contributed by atoms with van der Waals surface area (Å²) >= 11 is 0. The number of imidazole rings is 1. The van der Waals surface area contributed by atoms with Crippen LogP contribution in [-0.4, -0.2) is 14.7 Å². The maximum absolute atomic E-state index is 10.3. The molecule has 0 saturated heterocycles. The van der Waals surface area contributed by atoms with Crippen molar-refractivity contribution in [1.29, 1.82) is 0 Å². The van der Waals surface area contributed by atoms with Crippen molar-refractivity contribution in [2.24, 2.45) is 5.92 Å². The van der Waals surface area contributed by atoms with Gasteiger partial charge in [0.05, 0.1) is 0 Å². The molecule has 1 heterocycles. The lowest BCUT2D eigenvalue weighted by Gasteiger charge is -2.25. The summed E-state index contributed by atoms with van der Waals surface area (Å²) in [6, 6.07) is 0. The number of rotatable bonds is 4. The van der Waals surface area contributed by atoms with Crippen LogP contribution in [-0.2, 0) is 12.1 Å². The van der Waals surface area contributed by atoms with Crippen LogP contribution in [0.25, 0.3) is 0 Å². The highest BCUT2D eigenvalue weighted by atomic mass is 16.3. The first-order valence-corrected chi connectivity index (χ1v) is 5.21. The highest BCUT2D eigenvalue weighted by Gasteiger charge is 2.28. The first kappa shape index (κ1) is 11.2. The van der Waals surface area contributed by atoms with Crippen LogP contribution < -0.4 is 0 Å². The maximum atomic E-state index is 10.3. The molecule has 1 atom stereocenters. The van der Waals surface area contributed by atoms with Crippen molar-refractivity contribution in [1.82, 2.24) is 9.55 Å². The molecule has 1 rings (SSSR count). The first-order valence-electron chi connectivity index (χ1n) is 5.21. The van der Waals surface area contributed by atoms with Crippen LogP contribution in [0, 0.1) is 5.92 Å². The van der Waals surface area contributed by atoms with E-state index in [-0.39, 0.29) is 0 Å². The third-order valence-electron chi connectivity index (χ3n) is 2.34. The Kier molecular flexibility index (Phi) is 3.32. The van der Waals surface area contributed by atoms with Gasteiger partial charge in [-0.25, -0.2) is 4.98 Å². The van der Waals surface area contributed by atoms with Gasteiger partial charge >= 0.3 is 0 Å². The first-order chi connectivity index (χ1) is 6.47. The average molecular weight is 196 g/mol. The summed E-state index contributed by atoms with van der Waals surface area (Å²) in [5, 5.41) is 10.3. The van der Waals surface area contributed by atoms with E-state index in [1.54, 1.807) is 6.20 Å². The Labute approximate surface area is 85.8 Å². The van der Waals surface area contributed by atoms with E-state index in [9.17, 15) is 5.11 Å². The van der Waals surface area contributed by atoms with Crippen molar-refractivity contribution >= 4 is 0 Å². The number of hydrogen-bond acceptors (Lipinski definition) is 2. The fourth-order valence-electron chi connectivity index (χ4n) is 1.92. The molecule has 0 aliphatic rings. The van der Waals surface area contributed by atoms with Crippen molar-refractivity contribution in [2.75, 3.05) is 0 Å². The minimum Gasteiger partial charge on any atom is -0.382 e. The molecule has 0 aromatic carbocycles. The Hall–Kier alpha value is -0.830. The minimum atomic E-state index is -0.812. The Balaban J connectivity index is 2.90. The Morgan fingerprint density at radius 3 is 2.71 bits per heavy atom. The van der Waals surface area contributed by atoms with Crippen LogP contribution in [0.5, 0.6) is 0 Å². The molecule has 0 bridgehead atoms. The van der Waals surface area contributed by atoms with Crippen LogP contribution in [0.15, 0.2) is 12.4 Å². The molecule has 0 fully saturated rings. The summed E-state index contributed by atoms with van der Waals surface area (Å²) < 4.78 is 1.99. The lowest BCUT2D eigenvalue weighted by atomic mass is 9.93. The summed E-state index contributed by atoms with van der Waals surface area (Å²) in [6.45, 7) is 8.95. The SMILES string of the molecule is CCn1ccnc1C(C)(O)CC(C)C. The van der Waals surface area contributed by atoms with Crippen molar-refractivity contribution in [2.45, 2.75) is 46.3 Å². The minimum absolute atomic E-state index is 0.465. The molecule has 0 aliphatic carbocycles. The molecule has 3 nitrogen and oxygen atoms in total. The fourth-order valence-corrected chi connectivity index (χ4v) is 1.92. The summed E-state index contributed by atoms with van der Waals surface area (Å²) in [7, 11) is 0. The largest absolute Gasteiger partial charge is 0.382 e. The van der Waals surface area contributed by atoms with Gasteiger partial charge in [0.15, 0.2) is 0 Å². The fraction of sp³-hybridized carbons (Fsp3) is 0.727. The lowest BCUT2D eigenvalue weighted by molar-refractivity contribution is 0.0227. The average Bonchev–Trinajstić information content (AvgIpc) is 2.48. The smallest absolute Gasteiger partial charge is 0.140 e. The molecule has 80 valence electrons. The zero-order valence-corrected chi connectivity index (χ0v) is 9.49. The Morgan fingerprint density at radius 1 is 1.57 bits per heavy atom. The third kappa shape index (κ3) is 2.35. The van der Waals surface area contributed by atoms with Crippen molar-refractivity contribution in [3.63, 3.8) is 0 Å². The summed E-state index contributed by atoms with van der Waals surface area (Å²) in [4.78, 5) is 4.22. The molecule has 1 N–H and O–H groups in total. The highest BCUT2D eigenvalue weighted by molar-refractivity contribution is 5.03. The van der Waals surface area contributed by atoms with Gasteiger partial charge in [-0.3, -0.25) is 0 Å². The van der Waals surface area contributed by atoms with Crippen LogP contribution in [0.1, 0.15) is 39.9 Å². The second-order valence-corrected chi connectivity index (χ2v) is 4.41. The van der Waals surface area contributed by atoms with Gasteiger partial charge in [-0.1, -0.05) is 13.8 Å². The molecule has 0 aliphatic heterocycles.